The molecule has 0 aliphatic heterocycles. The number of pyridine rings is 1. The van der Waals surface area contributed by atoms with Gasteiger partial charge in [-0.15, -0.1) is 0 Å². The molecular formula is C17H24F2N4O5S. The van der Waals surface area contributed by atoms with Gasteiger partial charge in [-0.05, 0) is 24.8 Å². The number of halogens is 2. The van der Waals surface area contributed by atoms with E-state index in [1.807, 2.05) is 0 Å². The van der Waals surface area contributed by atoms with Crippen molar-refractivity contribution in [1.82, 2.24) is 9.71 Å². The number of sulfonamides is 1. The summed E-state index contributed by atoms with van der Waals surface area (Å²) in [4.78, 5) is 27.6. The fraction of sp³-hybridized carbons (Fsp3) is 0.588. The molecule has 2 rings (SSSR count). The van der Waals surface area contributed by atoms with Crippen LogP contribution >= 0.6 is 0 Å². The van der Waals surface area contributed by atoms with E-state index in [4.69, 9.17) is 5.73 Å². The Bertz CT molecular complexity index is 844. The number of hydrogen-bond donors (Lipinski definition) is 3. The van der Waals surface area contributed by atoms with E-state index in [9.17, 15) is 26.8 Å². The number of carbonyl (C=O) groups is 2. The van der Waals surface area contributed by atoms with Gasteiger partial charge in [-0.25, -0.2) is 31.7 Å². The first kappa shape index (κ1) is 23.1. The molecule has 1 aliphatic carbocycles. The lowest BCUT2D eigenvalue weighted by Crippen LogP contribution is -2.42. The quantitative estimate of drug-likeness (QED) is 0.523. The van der Waals surface area contributed by atoms with Crippen molar-refractivity contribution >= 4 is 27.7 Å². The molecule has 1 amide bonds. The monoisotopic (exact) mass is 434 g/mol. The van der Waals surface area contributed by atoms with Crippen molar-refractivity contribution in [1.29, 1.82) is 0 Å². The van der Waals surface area contributed by atoms with Crippen molar-refractivity contribution in [2.45, 2.75) is 49.5 Å². The van der Waals surface area contributed by atoms with Crippen LogP contribution in [0.5, 0.6) is 0 Å². The number of carbonyl (C=O) groups excluding carboxylic acids is 2. The van der Waals surface area contributed by atoms with Crippen LogP contribution in [0.4, 0.5) is 14.6 Å². The van der Waals surface area contributed by atoms with Gasteiger partial charge in [0.1, 0.15) is 10.7 Å². The van der Waals surface area contributed by atoms with Crippen LogP contribution in [-0.2, 0) is 19.6 Å². The minimum atomic E-state index is -4.45. The number of esters is 1. The fourth-order valence-electron chi connectivity index (χ4n) is 3.16. The first-order valence-corrected chi connectivity index (χ1v) is 10.6. The smallest absolute Gasteiger partial charge is 0.339 e. The number of anilines is 1. The number of nitrogens with two attached hydrogens (primary N) is 1. The van der Waals surface area contributed by atoms with Crippen LogP contribution in [0.3, 0.4) is 0 Å². The highest BCUT2D eigenvalue weighted by atomic mass is 32.2. The summed E-state index contributed by atoms with van der Waals surface area (Å²) >= 11 is 0. The molecule has 9 nitrogen and oxygen atoms in total. The van der Waals surface area contributed by atoms with Crippen molar-refractivity contribution in [3.8, 4) is 0 Å². The van der Waals surface area contributed by atoms with Crippen LogP contribution in [0.1, 0.15) is 42.5 Å². The van der Waals surface area contributed by atoms with Gasteiger partial charge in [0.15, 0.2) is 0 Å². The van der Waals surface area contributed by atoms with Crippen LogP contribution in [-0.4, -0.2) is 51.4 Å². The maximum absolute atomic E-state index is 12.4. The summed E-state index contributed by atoms with van der Waals surface area (Å²) in [6.45, 7) is -1.13. The number of aromatic nitrogens is 1. The van der Waals surface area contributed by atoms with E-state index in [-0.39, 0.29) is 11.7 Å². The summed E-state index contributed by atoms with van der Waals surface area (Å²) in [6.07, 6.45) is 2.64. The molecule has 0 radical (unpaired) electrons. The summed E-state index contributed by atoms with van der Waals surface area (Å²) in [5.74, 6) is -1.61. The molecule has 1 atom stereocenters. The summed E-state index contributed by atoms with van der Waals surface area (Å²) in [6, 6.07) is 0.239. The Balaban J connectivity index is 2.24. The van der Waals surface area contributed by atoms with Gasteiger partial charge in [0.2, 0.25) is 15.9 Å². The van der Waals surface area contributed by atoms with Crippen molar-refractivity contribution in [2.24, 2.45) is 11.7 Å². The fourth-order valence-corrected chi connectivity index (χ4v) is 4.29. The number of ether oxygens (including phenoxy) is 1. The molecule has 4 N–H and O–H groups in total. The third-order valence-electron chi connectivity index (χ3n) is 4.70. The van der Waals surface area contributed by atoms with Gasteiger partial charge < -0.3 is 15.8 Å². The summed E-state index contributed by atoms with van der Waals surface area (Å²) in [7, 11) is -3.42. The molecule has 29 heavy (non-hydrogen) atoms. The van der Waals surface area contributed by atoms with E-state index in [1.165, 1.54) is 0 Å². The zero-order valence-corrected chi connectivity index (χ0v) is 16.7. The first-order chi connectivity index (χ1) is 13.7. The third kappa shape index (κ3) is 6.15. The lowest BCUT2D eigenvalue weighted by atomic mass is 9.84. The molecule has 12 heteroatoms. The van der Waals surface area contributed by atoms with Crippen molar-refractivity contribution in [3.63, 3.8) is 0 Å². The molecule has 1 saturated carbocycles. The molecule has 1 aromatic rings. The van der Waals surface area contributed by atoms with Gasteiger partial charge in [0.05, 0.1) is 31.5 Å². The molecule has 1 aliphatic rings. The van der Waals surface area contributed by atoms with Crippen LogP contribution < -0.4 is 15.8 Å². The standard InChI is InChI=1S/C17H24F2N4O5S/c1-28-17(25)11-7-14(21-8-12(11)29(26,27)22-9-13(18)19)23-16(24)15(20)10-5-3-2-4-6-10/h7-8,10,13,15,22H,2-6,9,20H2,1H3,(H,21,23,24)/t15-/m0/s1. The summed E-state index contributed by atoms with van der Waals surface area (Å²) in [5.41, 5.74) is 5.57. The van der Waals surface area contributed by atoms with Gasteiger partial charge in [-0.3, -0.25) is 4.79 Å². The molecule has 1 fully saturated rings. The molecule has 0 unspecified atom stereocenters. The topological polar surface area (TPSA) is 140 Å². The Kier molecular flexibility index (Phi) is 7.99. The highest BCUT2D eigenvalue weighted by molar-refractivity contribution is 7.89. The van der Waals surface area contributed by atoms with Crippen molar-refractivity contribution in [3.05, 3.63) is 17.8 Å². The lowest BCUT2D eigenvalue weighted by molar-refractivity contribution is -0.118. The predicted octanol–water partition coefficient (Wildman–Crippen LogP) is 1.26. The van der Waals surface area contributed by atoms with Crippen molar-refractivity contribution in [2.75, 3.05) is 19.0 Å². The largest absolute Gasteiger partial charge is 0.465 e. The molecular weight excluding hydrogens is 410 g/mol. The Labute approximate surface area is 167 Å². The van der Waals surface area contributed by atoms with Gasteiger partial charge >= 0.3 is 5.97 Å². The summed E-state index contributed by atoms with van der Waals surface area (Å²) in [5, 5.41) is 2.47. The number of amides is 1. The van der Waals surface area contributed by atoms with Crippen molar-refractivity contribution < 1.29 is 31.5 Å². The number of hydrogen-bond acceptors (Lipinski definition) is 7. The molecule has 0 saturated heterocycles. The van der Waals surface area contributed by atoms with E-state index in [1.54, 1.807) is 4.72 Å². The number of nitrogens with zero attached hydrogens (tertiary/aromatic N) is 1. The van der Waals surface area contributed by atoms with Gasteiger partial charge in [0.25, 0.3) is 6.43 Å². The molecule has 1 aromatic heterocycles. The van der Waals surface area contributed by atoms with E-state index in [0.29, 0.717) is 0 Å². The normalized spacial score (nSPS) is 16.4. The van der Waals surface area contributed by atoms with E-state index < -0.39 is 51.4 Å². The lowest BCUT2D eigenvalue weighted by Gasteiger charge is -2.26. The van der Waals surface area contributed by atoms with Crippen LogP contribution in [0, 0.1) is 5.92 Å². The van der Waals surface area contributed by atoms with Crippen LogP contribution in [0.25, 0.3) is 0 Å². The van der Waals surface area contributed by atoms with Crippen LogP contribution in [0.2, 0.25) is 0 Å². The zero-order chi connectivity index (χ0) is 21.6. The second-order valence-electron chi connectivity index (χ2n) is 6.71. The van der Waals surface area contributed by atoms with Gasteiger partial charge in [-0.1, -0.05) is 19.3 Å². The molecule has 1 heterocycles. The minimum Gasteiger partial charge on any atom is -0.465 e. The predicted molar refractivity (Wildman–Crippen MR) is 99.9 cm³/mol. The molecule has 0 bridgehead atoms. The average Bonchev–Trinajstić information content (AvgIpc) is 2.71. The second-order valence-corrected chi connectivity index (χ2v) is 8.45. The van der Waals surface area contributed by atoms with Crippen LogP contribution in [0.15, 0.2) is 17.2 Å². The van der Waals surface area contributed by atoms with Gasteiger partial charge in [-0.2, -0.15) is 0 Å². The maximum Gasteiger partial charge on any atom is 0.339 e. The maximum atomic E-state index is 12.4. The summed E-state index contributed by atoms with van der Waals surface area (Å²) < 4.78 is 55.4. The Morgan fingerprint density at radius 3 is 2.55 bits per heavy atom. The molecule has 0 spiro atoms. The number of nitrogens with one attached hydrogen (secondary N) is 2. The Morgan fingerprint density at radius 2 is 1.97 bits per heavy atom. The minimum absolute atomic E-state index is 0.0297. The number of rotatable bonds is 8. The Hall–Kier alpha value is -2.18. The molecule has 0 aromatic carbocycles. The highest BCUT2D eigenvalue weighted by Crippen LogP contribution is 2.26. The number of alkyl halides is 2. The zero-order valence-electron chi connectivity index (χ0n) is 15.9. The van der Waals surface area contributed by atoms with E-state index in [2.05, 4.69) is 15.0 Å². The highest BCUT2D eigenvalue weighted by Gasteiger charge is 2.28. The van der Waals surface area contributed by atoms with E-state index >= 15 is 0 Å². The average molecular weight is 434 g/mol. The number of methoxy groups -OCH3 is 1. The van der Waals surface area contributed by atoms with Gasteiger partial charge in [0, 0.05) is 0 Å². The third-order valence-corrected chi connectivity index (χ3v) is 6.15. The SMILES string of the molecule is COC(=O)c1cc(NC(=O)[C@@H](N)C2CCCCC2)ncc1S(=O)(=O)NCC(F)F. The second kappa shape index (κ2) is 10.0. The Morgan fingerprint density at radius 1 is 1.31 bits per heavy atom. The first-order valence-electron chi connectivity index (χ1n) is 9.08. The van der Waals surface area contributed by atoms with E-state index in [0.717, 1.165) is 51.5 Å². The molecule has 162 valence electrons.